The normalized spacial score (nSPS) is 18.6. The summed E-state index contributed by atoms with van der Waals surface area (Å²) in [7, 11) is 0. The van der Waals surface area contributed by atoms with Crippen molar-refractivity contribution in [3.63, 3.8) is 0 Å². The van der Waals surface area contributed by atoms with Crippen LogP contribution in [0.1, 0.15) is 16.7 Å². The molecule has 2 rings (SSSR count). The number of nitrogens with zero attached hydrogens (tertiary/aromatic N) is 1. The number of carboxylic acid groups (broad SMARTS) is 1. The maximum atomic E-state index is 10.5. The number of hydrogen-bond acceptors (Lipinski definition) is 4. The van der Waals surface area contributed by atoms with E-state index in [2.05, 4.69) is 33.8 Å². The number of halogens is 1. The molecule has 0 atom stereocenters. The number of likely N-dealkylation sites (tertiary alicyclic amines) is 1. The maximum Gasteiger partial charge on any atom is 0.329 e. The summed E-state index contributed by atoms with van der Waals surface area (Å²) in [5, 5.41) is 8.59. The van der Waals surface area contributed by atoms with Crippen molar-refractivity contribution >= 4 is 33.2 Å². The Morgan fingerprint density at radius 1 is 1.67 bits per heavy atom. The molecule has 0 bridgehead atoms. The first-order chi connectivity index (χ1) is 8.38. The van der Waals surface area contributed by atoms with Crippen molar-refractivity contribution in [3.05, 3.63) is 20.3 Å². The molecule has 1 fully saturated rings. The number of aryl methyl sites for hydroxylation is 1. The van der Waals surface area contributed by atoms with E-state index < -0.39 is 5.97 Å². The molecule has 1 aliphatic heterocycles. The number of rotatable bonds is 5. The molecule has 1 N–H and O–H groups in total. The van der Waals surface area contributed by atoms with Crippen molar-refractivity contribution in [1.29, 1.82) is 0 Å². The summed E-state index contributed by atoms with van der Waals surface area (Å²) >= 11 is 5.30. The van der Waals surface area contributed by atoms with Crippen LogP contribution in [0, 0.1) is 6.92 Å². The van der Waals surface area contributed by atoms with Crippen molar-refractivity contribution in [2.45, 2.75) is 26.0 Å². The highest BCUT2D eigenvalue weighted by molar-refractivity contribution is 9.10. The van der Waals surface area contributed by atoms with Gasteiger partial charge in [-0.2, -0.15) is 0 Å². The lowest BCUT2D eigenvalue weighted by Gasteiger charge is -2.47. The highest BCUT2D eigenvalue weighted by atomic mass is 79.9. The molecule has 1 aliphatic rings. The lowest BCUT2D eigenvalue weighted by Crippen LogP contribution is -2.61. The molecule has 0 unspecified atom stereocenters. The first kappa shape index (κ1) is 14.0. The molecule has 4 nitrogen and oxygen atoms in total. The first-order valence-corrected chi connectivity index (χ1v) is 7.32. The quantitative estimate of drug-likeness (QED) is 0.899. The average Bonchev–Trinajstić information content (AvgIpc) is 2.53. The fraction of sp³-hybridized carbons (Fsp3) is 0.583. The summed E-state index contributed by atoms with van der Waals surface area (Å²) in [6.07, 6.45) is 0. The molecule has 0 spiro atoms. The number of thiophene rings is 1. The van der Waals surface area contributed by atoms with E-state index in [1.165, 1.54) is 9.75 Å². The van der Waals surface area contributed by atoms with Gasteiger partial charge in [0.1, 0.15) is 6.61 Å². The van der Waals surface area contributed by atoms with E-state index in [0.717, 1.165) is 24.1 Å². The summed E-state index contributed by atoms with van der Waals surface area (Å²) in [6.45, 7) is 6.32. The van der Waals surface area contributed by atoms with Gasteiger partial charge in [-0.05, 0) is 35.8 Å². The third-order valence-corrected chi connectivity index (χ3v) is 5.07. The van der Waals surface area contributed by atoms with Crippen LogP contribution >= 0.6 is 27.3 Å². The van der Waals surface area contributed by atoms with Gasteiger partial charge >= 0.3 is 5.97 Å². The minimum absolute atomic E-state index is 0.214. The standard InChI is InChI=1S/C12H16BrNO3S/c1-8-10(13)3-9(18-8)4-14-6-12(2,7-14)17-5-11(15)16/h3H,4-7H2,1-2H3,(H,15,16). The lowest BCUT2D eigenvalue weighted by molar-refractivity contribution is -0.165. The van der Waals surface area contributed by atoms with Crippen LogP contribution in [0.2, 0.25) is 0 Å². The summed E-state index contributed by atoms with van der Waals surface area (Å²) in [5.41, 5.74) is -0.304. The number of carbonyl (C=O) groups is 1. The monoisotopic (exact) mass is 333 g/mol. The van der Waals surface area contributed by atoms with E-state index in [-0.39, 0.29) is 12.2 Å². The second kappa shape index (κ2) is 5.28. The van der Waals surface area contributed by atoms with Crippen molar-refractivity contribution in [2.24, 2.45) is 0 Å². The third kappa shape index (κ3) is 3.32. The highest BCUT2D eigenvalue weighted by Crippen LogP contribution is 2.31. The maximum absolute atomic E-state index is 10.5. The van der Waals surface area contributed by atoms with Gasteiger partial charge in [0.2, 0.25) is 0 Å². The Morgan fingerprint density at radius 2 is 2.33 bits per heavy atom. The van der Waals surface area contributed by atoms with Gasteiger partial charge in [-0.25, -0.2) is 4.79 Å². The second-order valence-corrected chi connectivity index (χ2v) is 7.09. The fourth-order valence-corrected chi connectivity index (χ4v) is 3.80. The Labute approximate surface area is 119 Å². The molecule has 100 valence electrons. The Hall–Kier alpha value is -0.430. The van der Waals surface area contributed by atoms with E-state index in [1.807, 2.05) is 6.92 Å². The predicted octanol–water partition coefficient (Wildman–Crippen LogP) is 2.49. The molecule has 1 saturated heterocycles. The van der Waals surface area contributed by atoms with Gasteiger partial charge in [0.15, 0.2) is 0 Å². The summed E-state index contributed by atoms with van der Waals surface area (Å²) in [6, 6.07) is 2.15. The van der Waals surface area contributed by atoms with E-state index >= 15 is 0 Å². The van der Waals surface area contributed by atoms with E-state index in [9.17, 15) is 4.79 Å². The van der Waals surface area contributed by atoms with Gasteiger partial charge < -0.3 is 9.84 Å². The molecule has 1 aromatic rings. The molecule has 0 aliphatic carbocycles. The molecular weight excluding hydrogens is 318 g/mol. The third-order valence-electron chi connectivity index (χ3n) is 2.95. The molecule has 0 saturated carbocycles. The van der Waals surface area contributed by atoms with Gasteiger partial charge in [0, 0.05) is 33.9 Å². The molecule has 0 radical (unpaired) electrons. The van der Waals surface area contributed by atoms with Crippen LogP contribution in [-0.4, -0.2) is 41.3 Å². The van der Waals surface area contributed by atoms with E-state index in [0.29, 0.717) is 0 Å². The molecular formula is C12H16BrNO3S. The van der Waals surface area contributed by atoms with Gasteiger partial charge in [-0.3, -0.25) is 4.90 Å². The second-order valence-electron chi connectivity index (χ2n) is 4.89. The number of carboxylic acids is 1. The Morgan fingerprint density at radius 3 is 2.83 bits per heavy atom. The summed E-state index contributed by atoms with van der Waals surface area (Å²) < 4.78 is 6.54. The zero-order valence-electron chi connectivity index (χ0n) is 10.4. The van der Waals surface area contributed by atoms with Gasteiger partial charge in [-0.15, -0.1) is 11.3 Å². The number of hydrogen-bond donors (Lipinski definition) is 1. The van der Waals surface area contributed by atoms with Crippen LogP contribution in [-0.2, 0) is 16.1 Å². The minimum atomic E-state index is -0.910. The molecule has 18 heavy (non-hydrogen) atoms. The van der Waals surface area contributed by atoms with Crippen LogP contribution in [0.4, 0.5) is 0 Å². The SMILES string of the molecule is Cc1sc(CN2CC(C)(OCC(=O)O)C2)cc1Br. The Balaban J connectivity index is 1.80. The zero-order chi connectivity index (χ0) is 13.3. The fourth-order valence-electron chi connectivity index (χ4n) is 2.15. The smallest absolute Gasteiger partial charge is 0.329 e. The number of aliphatic carboxylic acids is 1. The van der Waals surface area contributed by atoms with E-state index in [4.69, 9.17) is 9.84 Å². The Kier molecular flexibility index (Phi) is 4.11. The van der Waals surface area contributed by atoms with Crippen LogP contribution in [0.5, 0.6) is 0 Å². The zero-order valence-corrected chi connectivity index (χ0v) is 12.8. The number of ether oxygens (including phenoxy) is 1. The molecule has 0 aromatic carbocycles. The average molecular weight is 334 g/mol. The largest absolute Gasteiger partial charge is 0.480 e. The first-order valence-electron chi connectivity index (χ1n) is 5.71. The topological polar surface area (TPSA) is 49.8 Å². The van der Waals surface area contributed by atoms with Crippen LogP contribution in [0.25, 0.3) is 0 Å². The molecule has 1 aromatic heterocycles. The van der Waals surface area contributed by atoms with Crippen LogP contribution in [0.3, 0.4) is 0 Å². The van der Waals surface area contributed by atoms with Crippen LogP contribution in [0.15, 0.2) is 10.5 Å². The highest BCUT2D eigenvalue weighted by Gasteiger charge is 2.40. The predicted molar refractivity (Wildman–Crippen MR) is 74.0 cm³/mol. The van der Waals surface area contributed by atoms with Crippen molar-refractivity contribution in [2.75, 3.05) is 19.7 Å². The van der Waals surface area contributed by atoms with Crippen molar-refractivity contribution < 1.29 is 14.6 Å². The van der Waals surface area contributed by atoms with Crippen molar-refractivity contribution in [1.82, 2.24) is 4.90 Å². The summed E-state index contributed by atoms with van der Waals surface area (Å²) in [4.78, 5) is 15.3. The minimum Gasteiger partial charge on any atom is -0.480 e. The molecule has 6 heteroatoms. The Bertz CT molecular complexity index is 435. The molecule has 0 amide bonds. The van der Waals surface area contributed by atoms with E-state index in [1.54, 1.807) is 11.3 Å². The van der Waals surface area contributed by atoms with Gasteiger partial charge in [-0.1, -0.05) is 0 Å². The summed E-state index contributed by atoms with van der Waals surface area (Å²) in [5.74, 6) is -0.910. The van der Waals surface area contributed by atoms with Crippen molar-refractivity contribution in [3.8, 4) is 0 Å². The molecule has 2 heterocycles. The lowest BCUT2D eigenvalue weighted by atomic mass is 9.96. The van der Waals surface area contributed by atoms with Crippen LogP contribution < -0.4 is 0 Å². The van der Waals surface area contributed by atoms with Gasteiger partial charge in [0.05, 0.1) is 5.60 Å². The van der Waals surface area contributed by atoms with Gasteiger partial charge in [0.25, 0.3) is 0 Å².